The summed E-state index contributed by atoms with van der Waals surface area (Å²) in [5.74, 6) is -6.39. The molecule has 14 heteroatoms. The van der Waals surface area contributed by atoms with E-state index in [2.05, 4.69) is 16.0 Å². The molecule has 33 heavy (non-hydrogen) atoms. The van der Waals surface area contributed by atoms with E-state index in [1.807, 2.05) is 0 Å². The molecule has 8 N–H and O–H groups in total. The SMILES string of the molecule is CSCCC(NC(=O)C(N)CC(=O)O)C(=O)NC(CC(C)C)C(=O)NC(CC(=O)O)C(=O)O. The van der Waals surface area contributed by atoms with E-state index >= 15 is 0 Å². The average molecular weight is 493 g/mol. The summed E-state index contributed by atoms with van der Waals surface area (Å²) in [6.07, 6.45) is 0.555. The third kappa shape index (κ3) is 12.7. The van der Waals surface area contributed by atoms with Crippen LogP contribution in [0.3, 0.4) is 0 Å². The van der Waals surface area contributed by atoms with Crippen LogP contribution in [0, 0.1) is 5.92 Å². The lowest BCUT2D eigenvalue weighted by atomic mass is 10.0. The Bertz CT molecular complexity index is 732. The molecule has 0 aromatic heterocycles. The minimum Gasteiger partial charge on any atom is -0.481 e. The summed E-state index contributed by atoms with van der Waals surface area (Å²) >= 11 is 1.39. The molecular formula is C19H32N4O9S. The first-order chi connectivity index (χ1) is 15.3. The molecule has 13 nitrogen and oxygen atoms in total. The van der Waals surface area contributed by atoms with Gasteiger partial charge in [0, 0.05) is 0 Å². The van der Waals surface area contributed by atoms with Crippen molar-refractivity contribution in [1.29, 1.82) is 0 Å². The Labute approximate surface area is 195 Å². The van der Waals surface area contributed by atoms with Crippen LogP contribution >= 0.6 is 11.8 Å². The van der Waals surface area contributed by atoms with Crippen LogP contribution in [-0.4, -0.2) is 87.1 Å². The van der Waals surface area contributed by atoms with E-state index in [1.165, 1.54) is 11.8 Å². The first-order valence-corrected chi connectivity index (χ1v) is 11.5. The molecule has 0 saturated heterocycles. The van der Waals surface area contributed by atoms with Crippen molar-refractivity contribution in [3.63, 3.8) is 0 Å². The molecule has 0 spiro atoms. The molecule has 3 amide bonds. The zero-order valence-electron chi connectivity index (χ0n) is 18.7. The number of nitrogens with one attached hydrogen (secondary N) is 3. The molecule has 0 heterocycles. The summed E-state index contributed by atoms with van der Waals surface area (Å²) in [6.45, 7) is 3.52. The Balaban J connectivity index is 5.49. The van der Waals surface area contributed by atoms with Crippen molar-refractivity contribution in [2.75, 3.05) is 12.0 Å². The molecule has 0 saturated carbocycles. The van der Waals surface area contributed by atoms with Crippen LogP contribution in [0.4, 0.5) is 0 Å². The molecule has 4 unspecified atom stereocenters. The zero-order chi connectivity index (χ0) is 25.7. The van der Waals surface area contributed by atoms with Gasteiger partial charge in [0.05, 0.1) is 18.9 Å². The highest BCUT2D eigenvalue weighted by molar-refractivity contribution is 7.98. The highest BCUT2D eigenvalue weighted by Crippen LogP contribution is 2.09. The van der Waals surface area contributed by atoms with Crippen LogP contribution in [0.25, 0.3) is 0 Å². The van der Waals surface area contributed by atoms with Gasteiger partial charge in [-0.05, 0) is 30.8 Å². The minimum atomic E-state index is -1.69. The summed E-state index contributed by atoms with van der Waals surface area (Å²) in [4.78, 5) is 70.6. The number of carboxylic acid groups (broad SMARTS) is 3. The largest absolute Gasteiger partial charge is 0.481 e. The number of hydrogen-bond donors (Lipinski definition) is 7. The van der Waals surface area contributed by atoms with Gasteiger partial charge < -0.3 is 37.0 Å². The Hall–Kier alpha value is -2.87. The maximum Gasteiger partial charge on any atom is 0.326 e. The number of rotatable bonds is 16. The van der Waals surface area contributed by atoms with E-state index in [-0.39, 0.29) is 18.8 Å². The van der Waals surface area contributed by atoms with Crippen molar-refractivity contribution < 1.29 is 44.1 Å². The van der Waals surface area contributed by atoms with Crippen LogP contribution in [0.2, 0.25) is 0 Å². The number of carbonyl (C=O) groups excluding carboxylic acids is 3. The summed E-state index contributed by atoms with van der Waals surface area (Å²) in [7, 11) is 0. The van der Waals surface area contributed by atoms with E-state index in [1.54, 1.807) is 20.1 Å². The zero-order valence-corrected chi connectivity index (χ0v) is 19.5. The number of nitrogens with two attached hydrogens (primary N) is 1. The molecule has 4 atom stereocenters. The third-order valence-corrected chi connectivity index (χ3v) is 4.95. The highest BCUT2D eigenvalue weighted by atomic mass is 32.2. The van der Waals surface area contributed by atoms with Gasteiger partial charge >= 0.3 is 17.9 Å². The van der Waals surface area contributed by atoms with Gasteiger partial charge in [-0.25, -0.2) is 4.79 Å². The molecule has 0 aliphatic carbocycles. The van der Waals surface area contributed by atoms with Crippen LogP contribution in [-0.2, 0) is 28.8 Å². The topological polar surface area (TPSA) is 225 Å². The first-order valence-electron chi connectivity index (χ1n) is 10.1. The molecular weight excluding hydrogens is 460 g/mol. The van der Waals surface area contributed by atoms with Gasteiger partial charge in [-0.15, -0.1) is 0 Å². The molecule has 0 aliphatic rings. The van der Waals surface area contributed by atoms with Gasteiger partial charge in [-0.1, -0.05) is 13.8 Å². The van der Waals surface area contributed by atoms with E-state index in [9.17, 15) is 28.8 Å². The lowest BCUT2D eigenvalue weighted by Crippen LogP contribution is -2.57. The van der Waals surface area contributed by atoms with Crippen molar-refractivity contribution in [2.45, 2.75) is 63.7 Å². The number of amides is 3. The normalized spacial score (nSPS) is 14.5. The highest BCUT2D eigenvalue weighted by Gasteiger charge is 2.31. The fourth-order valence-corrected chi connectivity index (χ4v) is 3.16. The van der Waals surface area contributed by atoms with Crippen molar-refractivity contribution in [3.05, 3.63) is 0 Å². The van der Waals surface area contributed by atoms with Crippen molar-refractivity contribution >= 4 is 47.4 Å². The van der Waals surface area contributed by atoms with Gasteiger partial charge in [-0.2, -0.15) is 11.8 Å². The molecule has 0 aromatic carbocycles. The summed E-state index contributed by atoms with van der Waals surface area (Å²) in [5, 5.41) is 33.7. The van der Waals surface area contributed by atoms with E-state index in [0.717, 1.165) is 0 Å². The monoisotopic (exact) mass is 492 g/mol. The quantitative estimate of drug-likeness (QED) is 0.133. The van der Waals surface area contributed by atoms with E-state index < -0.39 is 72.6 Å². The summed E-state index contributed by atoms with van der Waals surface area (Å²) in [5.41, 5.74) is 5.54. The summed E-state index contributed by atoms with van der Waals surface area (Å²) < 4.78 is 0. The van der Waals surface area contributed by atoms with Crippen LogP contribution in [0.15, 0.2) is 0 Å². The molecule has 0 aromatic rings. The Kier molecular flexibility index (Phi) is 13.7. The van der Waals surface area contributed by atoms with Gasteiger partial charge in [0.15, 0.2) is 0 Å². The fraction of sp³-hybridized carbons (Fsp3) is 0.684. The van der Waals surface area contributed by atoms with E-state index in [0.29, 0.717) is 5.75 Å². The molecule has 0 bridgehead atoms. The predicted molar refractivity (Wildman–Crippen MR) is 118 cm³/mol. The number of thioether (sulfide) groups is 1. The number of aliphatic carboxylic acids is 3. The maximum absolute atomic E-state index is 12.8. The average Bonchev–Trinajstić information content (AvgIpc) is 2.68. The minimum absolute atomic E-state index is 0.105. The Morgan fingerprint density at radius 3 is 1.73 bits per heavy atom. The summed E-state index contributed by atoms with van der Waals surface area (Å²) in [6, 6.07) is -5.40. The number of hydrogen-bond acceptors (Lipinski definition) is 8. The Morgan fingerprint density at radius 2 is 1.27 bits per heavy atom. The van der Waals surface area contributed by atoms with Crippen LogP contribution in [0.5, 0.6) is 0 Å². The van der Waals surface area contributed by atoms with Crippen molar-refractivity contribution in [3.8, 4) is 0 Å². The Morgan fingerprint density at radius 1 is 0.788 bits per heavy atom. The number of carboxylic acids is 3. The second kappa shape index (κ2) is 15.1. The lowest BCUT2D eigenvalue weighted by molar-refractivity contribution is -0.147. The first kappa shape index (κ1) is 30.1. The van der Waals surface area contributed by atoms with Crippen LogP contribution < -0.4 is 21.7 Å². The third-order valence-electron chi connectivity index (χ3n) is 4.31. The number of carbonyl (C=O) groups is 6. The fourth-order valence-electron chi connectivity index (χ4n) is 2.69. The van der Waals surface area contributed by atoms with Crippen LogP contribution in [0.1, 0.15) is 39.5 Å². The van der Waals surface area contributed by atoms with Gasteiger partial charge in [0.1, 0.15) is 18.1 Å². The van der Waals surface area contributed by atoms with Gasteiger partial charge in [0.25, 0.3) is 0 Å². The molecule has 188 valence electrons. The smallest absolute Gasteiger partial charge is 0.326 e. The predicted octanol–water partition coefficient (Wildman–Crippen LogP) is -1.40. The van der Waals surface area contributed by atoms with Crippen molar-refractivity contribution in [2.24, 2.45) is 11.7 Å². The maximum atomic E-state index is 12.8. The lowest BCUT2D eigenvalue weighted by Gasteiger charge is -2.25. The molecule has 0 aliphatic heterocycles. The standard InChI is InChI=1S/C19H32N4O9S/c1-9(2)6-12(18(30)23-13(19(31)32)8-15(26)27)22-17(29)11(4-5-33-3)21-16(28)10(20)7-14(24)25/h9-13H,4-8,20H2,1-3H3,(H,21,28)(H,22,29)(H,23,30)(H,24,25)(H,26,27)(H,31,32). The van der Waals surface area contributed by atoms with Gasteiger partial charge in [-0.3, -0.25) is 24.0 Å². The van der Waals surface area contributed by atoms with Gasteiger partial charge in [0.2, 0.25) is 17.7 Å². The molecule has 0 fully saturated rings. The second-order valence-electron chi connectivity index (χ2n) is 7.74. The molecule has 0 radical (unpaired) electrons. The van der Waals surface area contributed by atoms with Crippen molar-refractivity contribution in [1.82, 2.24) is 16.0 Å². The molecule has 0 rings (SSSR count). The second-order valence-corrected chi connectivity index (χ2v) is 8.72. The van der Waals surface area contributed by atoms with E-state index in [4.69, 9.17) is 21.1 Å².